The molecule has 2 aromatic heterocycles. The standard InChI is InChI=1S/C22H23N3OS2/c1-11-7-13(3)20-17(8-11)12(2)9-19(24-20)27-16(6)21(26)25-22-18(10-23)14(4)15(5)28-22/h7-9,16H,1-6H3,(H,25,26). The molecule has 6 heteroatoms. The molecule has 0 aliphatic carbocycles. The average molecular weight is 410 g/mol. The van der Waals surface area contributed by atoms with Gasteiger partial charge in [0, 0.05) is 10.3 Å². The first kappa shape index (κ1) is 20.4. The Morgan fingerprint density at radius 3 is 2.57 bits per heavy atom. The number of aromatic nitrogens is 1. The Morgan fingerprint density at radius 1 is 1.18 bits per heavy atom. The van der Waals surface area contributed by atoms with Crippen LogP contribution in [0.25, 0.3) is 10.9 Å². The van der Waals surface area contributed by atoms with Crippen LogP contribution in [-0.4, -0.2) is 16.1 Å². The number of nitrogens with one attached hydrogen (secondary N) is 1. The number of hydrogen-bond acceptors (Lipinski definition) is 5. The van der Waals surface area contributed by atoms with Gasteiger partial charge < -0.3 is 5.32 Å². The predicted molar refractivity (Wildman–Crippen MR) is 118 cm³/mol. The molecule has 2 heterocycles. The first-order valence-electron chi connectivity index (χ1n) is 9.07. The van der Waals surface area contributed by atoms with Crippen molar-refractivity contribution in [2.75, 3.05) is 5.32 Å². The van der Waals surface area contributed by atoms with Gasteiger partial charge in [0.15, 0.2) is 0 Å². The monoisotopic (exact) mass is 409 g/mol. The molecular weight excluding hydrogens is 386 g/mol. The SMILES string of the molecule is Cc1cc(C)c2nc(SC(C)C(=O)Nc3sc(C)c(C)c3C#N)cc(C)c2c1. The Morgan fingerprint density at radius 2 is 1.89 bits per heavy atom. The van der Waals surface area contributed by atoms with E-state index in [2.05, 4.69) is 44.3 Å². The van der Waals surface area contributed by atoms with Crippen molar-refractivity contribution < 1.29 is 4.79 Å². The van der Waals surface area contributed by atoms with Crippen LogP contribution in [0.3, 0.4) is 0 Å². The van der Waals surface area contributed by atoms with Crippen LogP contribution in [-0.2, 0) is 4.79 Å². The van der Waals surface area contributed by atoms with Crippen LogP contribution < -0.4 is 5.32 Å². The molecule has 0 saturated carbocycles. The zero-order valence-corrected chi connectivity index (χ0v) is 18.6. The van der Waals surface area contributed by atoms with Gasteiger partial charge in [-0.1, -0.05) is 23.4 Å². The molecule has 4 nitrogen and oxygen atoms in total. The molecule has 0 aliphatic heterocycles. The lowest BCUT2D eigenvalue weighted by molar-refractivity contribution is -0.115. The number of aryl methyl sites for hydroxylation is 4. The summed E-state index contributed by atoms with van der Waals surface area (Å²) in [5.74, 6) is -0.122. The normalized spacial score (nSPS) is 12.0. The van der Waals surface area contributed by atoms with E-state index in [-0.39, 0.29) is 11.2 Å². The van der Waals surface area contributed by atoms with E-state index in [1.54, 1.807) is 0 Å². The Labute approximate surface area is 174 Å². The molecule has 0 aliphatic rings. The molecule has 1 atom stereocenters. The zero-order valence-electron chi connectivity index (χ0n) is 16.9. The highest BCUT2D eigenvalue weighted by molar-refractivity contribution is 8.00. The summed E-state index contributed by atoms with van der Waals surface area (Å²) < 4.78 is 0. The van der Waals surface area contributed by atoms with Gasteiger partial charge in [0.05, 0.1) is 21.4 Å². The van der Waals surface area contributed by atoms with Gasteiger partial charge in [0.2, 0.25) is 5.91 Å². The van der Waals surface area contributed by atoms with E-state index in [4.69, 9.17) is 4.98 Å². The number of pyridine rings is 1. The molecule has 0 radical (unpaired) electrons. The highest BCUT2D eigenvalue weighted by atomic mass is 32.2. The molecule has 28 heavy (non-hydrogen) atoms. The lowest BCUT2D eigenvalue weighted by Gasteiger charge is -2.13. The highest BCUT2D eigenvalue weighted by Gasteiger charge is 2.20. The van der Waals surface area contributed by atoms with Gasteiger partial charge in [-0.2, -0.15) is 5.26 Å². The van der Waals surface area contributed by atoms with E-state index >= 15 is 0 Å². The molecule has 3 aromatic rings. The van der Waals surface area contributed by atoms with E-state index in [1.165, 1.54) is 28.7 Å². The minimum atomic E-state index is -0.329. The summed E-state index contributed by atoms with van der Waals surface area (Å²) in [5, 5.41) is 14.6. The fourth-order valence-corrected chi connectivity index (χ4v) is 5.10. The van der Waals surface area contributed by atoms with Crippen molar-refractivity contribution >= 4 is 44.9 Å². The fraction of sp³-hybridized carbons (Fsp3) is 0.318. The highest BCUT2D eigenvalue weighted by Crippen LogP contribution is 2.33. The maximum absolute atomic E-state index is 12.7. The number of hydrogen-bond donors (Lipinski definition) is 1. The Kier molecular flexibility index (Phi) is 5.78. The van der Waals surface area contributed by atoms with Gasteiger partial charge in [-0.3, -0.25) is 4.79 Å². The third-order valence-electron chi connectivity index (χ3n) is 4.83. The number of benzene rings is 1. The number of amides is 1. The van der Waals surface area contributed by atoms with Gasteiger partial charge in [-0.25, -0.2) is 4.98 Å². The molecule has 1 amide bonds. The molecule has 1 aromatic carbocycles. The van der Waals surface area contributed by atoms with E-state index in [9.17, 15) is 10.1 Å². The first-order chi connectivity index (χ1) is 13.2. The number of nitriles is 1. The number of anilines is 1. The lowest BCUT2D eigenvalue weighted by atomic mass is 10.0. The summed E-state index contributed by atoms with van der Waals surface area (Å²) in [6.45, 7) is 12.0. The summed E-state index contributed by atoms with van der Waals surface area (Å²) in [6.07, 6.45) is 0. The third kappa shape index (κ3) is 3.91. The Bertz CT molecular complexity index is 1130. The van der Waals surface area contributed by atoms with E-state index in [0.717, 1.165) is 37.5 Å². The quantitative estimate of drug-likeness (QED) is 0.551. The van der Waals surface area contributed by atoms with Crippen molar-refractivity contribution in [3.8, 4) is 6.07 Å². The second kappa shape index (κ2) is 7.94. The van der Waals surface area contributed by atoms with Gasteiger partial charge in [-0.05, 0) is 70.4 Å². The van der Waals surface area contributed by atoms with Crippen molar-refractivity contribution in [1.29, 1.82) is 5.26 Å². The second-order valence-electron chi connectivity index (χ2n) is 7.10. The van der Waals surface area contributed by atoms with Crippen LogP contribution >= 0.6 is 23.1 Å². The van der Waals surface area contributed by atoms with Gasteiger partial charge in [-0.15, -0.1) is 11.3 Å². The molecule has 0 saturated heterocycles. The van der Waals surface area contributed by atoms with Crippen LogP contribution in [0.4, 0.5) is 5.00 Å². The number of carbonyl (C=O) groups excluding carboxylic acids is 1. The molecule has 3 rings (SSSR count). The topological polar surface area (TPSA) is 65.8 Å². The maximum atomic E-state index is 12.7. The van der Waals surface area contributed by atoms with E-state index in [0.29, 0.717) is 10.6 Å². The van der Waals surface area contributed by atoms with Gasteiger partial charge in [0.1, 0.15) is 11.1 Å². The molecule has 1 unspecified atom stereocenters. The molecule has 0 spiro atoms. The Balaban J connectivity index is 1.83. The number of fused-ring (bicyclic) bond motifs is 1. The lowest BCUT2D eigenvalue weighted by Crippen LogP contribution is -2.22. The third-order valence-corrected chi connectivity index (χ3v) is 6.97. The Hall–Kier alpha value is -2.36. The predicted octanol–water partition coefficient (Wildman–Crippen LogP) is 5.83. The number of carbonyl (C=O) groups is 1. The number of rotatable bonds is 4. The van der Waals surface area contributed by atoms with Crippen molar-refractivity contribution in [3.05, 3.63) is 50.9 Å². The van der Waals surface area contributed by atoms with Crippen LogP contribution in [0.2, 0.25) is 0 Å². The summed E-state index contributed by atoms with van der Waals surface area (Å²) in [4.78, 5) is 18.5. The van der Waals surface area contributed by atoms with E-state index in [1.807, 2.05) is 26.8 Å². The van der Waals surface area contributed by atoms with Gasteiger partial charge >= 0.3 is 0 Å². The zero-order chi connectivity index (χ0) is 20.6. The summed E-state index contributed by atoms with van der Waals surface area (Å²) in [5.41, 5.74) is 5.98. The molecule has 1 N–H and O–H groups in total. The number of thioether (sulfide) groups is 1. The summed E-state index contributed by atoms with van der Waals surface area (Å²) in [7, 11) is 0. The van der Waals surface area contributed by atoms with Crippen LogP contribution in [0.15, 0.2) is 23.2 Å². The van der Waals surface area contributed by atoms with Crippen LogP contribution in [0, 0.1) is 45.9 Å². The average Bonchev–Trinajstić information content (AvgIpc) is 2.89. The molecule has 0 bridgehead atoms. The minimum absolute atomic E-state index is 0.122. The maximum Gasteiger partial charge on any atom is 0.238 e. The largest absolute Gasteiger partial charge is 0.316 e. The van der Waals surface area contributed by atoms with Crippen molar-refractivity contribution in [3.63, 3.8) is 0 Å². The van der Waals surface area contributed by atoms with Crippen molar-refractivity contribution in [2.45, 2.75) is 51.8 Å². The molecular formula is C22H23N3OS2. The molecule has 144 valence electrons. The smallest absolute Gasteiger partial charge is 0.238 e. The van der Waals surface area contributed by atoms with Crippen LogP contribution in [0.5, 0.6) is 0 Å². The summed E-state index contributed by atoms with van der Waals surface area (Å²) >= 11 is 2.88. The number of thiophene rings is 1. The van der Waals surface area contributed by atoms with Crippen LogP contribution in [0.1, 0.15) is 39.6 Å². The van der Waals surface area contributed by atoms with E-state index < -0.39 is 0 Å². The van der Waals surface area contributed by atoms with Crippen molar-refractivity contribution in [2.24, 2.45) is 0 Å². The second-order valence-corrected chi connectivity index (χ2v) is 9.69. The first-order valence-corrected chi connectivity index (χ1v) is 10.8. The molecule has 0 fully saturated rings. The summed E-state index contributed by atoms with van der Waals surface area (Å²) in [6, 6.07) is 8.51. The fourth-order valence-electron chi connectivity index (χ4n) is 3.17. The minimum Gasteiger partial charge on any atom is -0.316 e. The number of nitrogens with zero attached hydrogens (tertiary/aromatic N) is 2. The van der Waals surface area contributed by atoms with Gasteiger partial charge in [0.25, 0.3) is 0 Å². The van der Waals surface area contributed by atoms with Crippen molar-refractivity contribution in [1.82, 2.24) is 4.98 Å².